The Kier molecular flexibility index (Phi) is 35.0. The number of carbonyl (C=O) groups excluding carboxylic acids is 2. The van der Waals surface area contributed by atoms with Gasteiger partial charge in [-0.15, -0.1) is 23.5 Å². The molecule has 8 aliphatic rings. The number of carbonyl (C=O) groups is 2. The molecule has 4 N–H and O–H groups in total. The zero-order valence-electron chi connectivity index (χ0n) is 79.0. The van der Waals surface area contributed by atoms with Crippen LogP contribution in [0.1, 0.15) is 332 Å². The minimum atomic E-state index is 0.0680. The van der Waals surface area contributed by atoms with Crippen molar-refractivity contribution in [3.63, 3.8) is 0 Å². The summed E-state index contributed by atoms with van der Waals surface area (Å²) in [6, 6.07) is 1.15. The fraction of sp³-hybridized carbons (Fsp3) is 0.854. The highest BCUT2D eigenvalue weighted by atomic mass is 32.2. The van der Waals surface area contributed by atoms with Crippen LogP contribution in [-0.4, -0.2) is 59.7 Å². The van der Waals surface area contributed by atoms with Crippen LogP contribution in [0, 0.1) is 146 Å². The maximum atomic E-state index is 11.8. The molecule has 0 aromatic carbocycles. The lowest BCUT2D eigenvalue weighted by Gasteiger charge is -2.39. The molecular formula is C96H180N4O4S2. The van der Waals surface area contributed by atoms with Gasteiger partial charge in [-0.1, -0.05) is 357 Å². The molecule has 620 valence electrons. The van der Waals surface area contributed by atoms with Gasteiger partial charge in [-0.2, -0.15) is 0 Å². The maximum Gasteiger partial charge on any atom is 0.224 e. The van der Waals surface area contributed by atoms with Crippen molar-refractivity contribution in [3.8, 4) is 0 Å². The third-order valence-corrected chi connectivity index (χ3v) is 26.2. The summed E-state index contributed by atoms with van der Waals surface area (Å²) in [5.74, 6) is 5.49. The summed E-state index contributed by atoms with van der Waals surface area (Å²) >= 11 is 4.01. The molecule has 0 aromatic rings. The topological polar surface area (TPSA) is 101 Å². The van der Waals surface area contributed by atoms with Crippen molar-refractivity contribution >= 4 is 35.3 Å². The molecule has 0 spiro atoms. The predicted octanol–water partition coefficient (Wildman–Crippen LogP) is 27.1. The summed E-state index contributed by atoms with van der Waals surface area (Å²) in [5.41, 5.74) is 4.59. The van der Waals surface area contributed by atoms with Crippen LogP contribution in [0.3, 0.4) is 0 Å². The van der Waals surface area contributed by atoms with Crippen LogP contribution in [0.15, 0.2) is 72.2 Å². The summed E-state index contributed by atoms with van der Waals surface area (Å²) in [4.78, 5) is 23.5. The van der Waals surface area contributed by atoms with Crippen LogP contribution < -0.4 is 21.3 Å². The van der Waals surface area contributed by atoms with E-state index >= 15 is 0 Å². The number of thioether (sulfide) groups is 2. The smallest absolute Gasteiger partial charge is 0.224 e. The SMILES string of the molecule is CC(C)(C)C1C=CNC1C(C)(C)C.CC(C)(C)C1C=CNC1C(C)(C)C.CC(C)(C)C1C=COC1C(C)(C)C.CC(C)(C)C1C=COC1C(C)(C)C.CC(C)(C)C1C=CSC1C(C)(C)C.CC(C)(C)C1C=CSC1C(C)(C)C.CC(C)(C)C1CNC(=O)C1C(C)(C)C.CC(C)(C)C1CNC(=O)C1C(C)(C)C. The Morgan fingerprint density at radius 2 is 0.519 bits per heavy atom. The van der Waals surface area contributed by atoms with Gasteiger partial charge in [0.15, 0.2) is 0 Å². The molecule has 8 aliphatic heterocycles. The van der Waals surface area contributed by atoms with E-state index in [1.807, 2.05) is 36.0 Å². The molecule has 106 heavy (non-hydrogen) atoms. The van der Waals surface area contributed by atoms with Crippen molar-refractivity contribution in [1.29, 1.82) is 0 Å². The molecule has 8 heterocycles. The van der Waals surface area contributed by atoms with Crippen LogP contribution in [0.25, 0.3) is 0 Å². The fourth-order valence-corrected chi connectivity index (χ4v) is 19.5. The molecule has 16 unspecified atom stereocenters. The molecule has 0 aliphatic carbocycles. The molecule has 0 bridgehead atoms. The lowest BCUT2D eigenvalue weighted by Crippen LogP contribution is -2.43. The van der Waals surface area contributed by atoms with Gasteiger partial charge >= 0.3 is 0 Å². The van der Waals surface area contributed by atoms with E-state index in [-0.39, 0.29) is 56.1 Å². The first-order valence-electron chi connectivity index (χ1n) is 41.3. The zero-order valence-corrected chi connectivity index (χ0v) is 80.7. The number of hydrogen-bond acceptors (Lipinski definition) is 8. The van der Waals surface area contributed by atoms with Gasteiger partial charge in [0.1, 0.15) is 12.2 Å². The average molecular weight is 1520 g/mol. The van der Waals surface area contributed by atoms with E-state index in [2.05, 4.69) is 413 Å². The summed E-state index contributed by atoms with van der Waals surface area (Å²) < 4.78 is 11.4. The van der Waals surface area contributed by atoms with Crippen LogP contribution in [-0.2, 0) is 19.1 Å². The first kappa shape index (κ1) is 101. The summed E-state index contributed by atoms with van der Waals surface area (Å²) in [7, 11) is 0. The normalized spacial score (nSPS) is 29.2. The van der Waals surface area contributed by atoms with E-state index in [1.165, 1.54) is 0 Å². The largest absolute Gasteiger partial charge is 0.497 e. The van der Waals surface area contributed by atoms with E-state index in [0.29, 0.717) is 114 Å². The van der Waals surface area contributed by atoms with Gasteiger partial charge in [0.25, 0.3) is 0 Å². The molecule has 16 atom stereocenters. The second-order valence-electron chi connectivity index (χ2n) is 50.2. The van der Waals surface area contributed by atoms with Crippen molar-refractivity contribution in [3.05, 3.63) is 72.2 Å². The van der Waals surface area contributed by atoms with Crippen molar-refractivity contribution in [1.82, 2.24) is 21.3 Å². The molecule has 8 nitrogen and oxygen atoms in total. The van der Waals surface area contributed by atoms with Crippen LogP contribution in [0.5, 0.6) is 0 Å². The highest BCUT2D eigenvalue weighted by molar-refractivity contribution is 8.03. The number of allylic oxidation sites excluding steroid dienone is 2. The van der Waals surface area contributed by atoms with Crippen molar-refractivity contribution in [2.75, 3.05) is 13.1 Å². The van der Waals surface area contributed by atoms with Crippen LogP contribution in [0.2, 0.25) is 0 Å². The maximum absolute atomic E-state index is 11.8. The molecule has 8 rings (SSSR count). The van der Waals surface area contributed by atoms with Crippen LogP contribution >= 0.6 is 23.5 Å². The molecule has 0 aromatic heterocycles. The molecule has 2 saturated heterocycles. The summed E-state index contributed by atoms with van der Waals surface area (Å²) in [5, 5.41) is 19.0. The van der Waals surface area contributed by atoms with Gasteiger partial charge in [-0.25, -0.2) is 0 Å². The van der Waals surface area contributed by atoms with Gasteiger partial charge in [0.05, 0.1) is 12.5 Å². The molecule has 0 saturated carbocycles. The van der Waals surface area contributed by atoms with Crippen molar-refractivity contribution < 1.29 is 19.1 Å². The third kappa shape index (κ3) is 31.7. The van der Waals surface area contributed by atoms with Gasteiger partial charge in [0.2, 0.25) is 11.8 Å². The Morgan fingerprint density at radius 1 is 0.274 bits per heavy atom. The third-order valence-electron chi connectivity index (χ3n) is 23.0. The monoisotopic (exact) mass is 1520 g/mol. The average Bonchev–Trinajstić information content (AvgIpc) is 1.65. The first-order valence-corrected chi connectivity index (χ1v) is 43.2. The molecule has 10 heteroatoms. The number of hydrogen-bond donors (Lipinski definition) is 4. The Bertz CT molecular complexity index is 2440. The Hall–Kier alpha value is -2.72. The quantitative estimate of drug-likeness (QED) is 0.190. The Morgan fingerprint density at radius 3 is 0.670 bits per heavy atom. The molecule has 2 fully saturated rings. The van der Waals surface area contributed by atoms with Gasteiger partial charge in [0, 0.05) is 71.2 Å². The zero-order chi connectivity index (χ0) is 83.9. The fourth-order valence-electron chi connectivity index (χ4n) is 16.5. The molecular weight excluding hydrogens is 1340 g/mol. The Labute approximate surface area is 669 Å². The second kappa shape index (κ2) is 36.6. The van der Waals surface area contributed by atoms with Crippen molar-refractivity contribution in [2.24, 2.45) is 146 Å². The minimum Gasteiger partial charge on any atom is -0.497 e. The van der Waals surface area contributed by atoms with Crippen LogP contribution in [0.4, 0.5) is 0 Å². The highest BCUT2D eigenvalue weighted by Crippen LogP contribution is 2.52. The van der Waals surface area contributed by atoms with Gasteiger partial charge in [-0.3, -0.25) is 9.59 Å². The summed E-state index contributed by atoms with van der Waals surface area (Å²) in [6.45, 7) is 111. The highest BCUT2D eigenvalue weighted by Gasteiger charge is 2.50. The Balaban J connectivity index is 0.000000606. The van der Waals surface area contributed by atoms with Gasteiger partial charge < -0.3 is 30.7 Å². The van der Waals surface area contributed by atoms with E-state index < -0.39 is 0 Å². The molecule has 2 amide bonds. The number of ether oxygens (including phenoxy) is 2. The van der Waals surface area contributed by atoms with E-state index in [9.17, 15) is 9.59 Å². The van der Waals surface area contributed by atoms with Gasteiger partial charge in [-0.05, 0) is 146 Å². The van der Waals surface area contributed by atoms with E-state index in [1.54, 1.807) is 0 Å². The lowest BCUT2D eigenvalue weighted by molar-refractivity contribution is -0.127. The lowest BCUT2D eigenvalue weighted by atomic mass is 9.66. The predicted molar refractivity (Wildman–Crippen MR) is 473 cm³/mol. The number of nitrogens with one attached hydrogen (secondary N) is 4. The van der Waals surface area contributed by atoms with E-state index in [0.717, 1.165) is 35.4 Å². The molecule has 0 radical (unpaired) electrons. The van der Waals surface area contributed by atoms with Crippen molar-refractivity contribution in [2.45, 2.75) is 367 Å². The first-order chi connectivity index (χ1) is 46.6. The summed E-state index contributed by atoms with van der Waals surface area (Å²) in [6.07, 6.45) is 22.4. The number of rotatable bonds is 0. The number of amides is 2. The van der Waals surface area contributed by atoms with E-state index in [4.69, 9.17) is 9.47 Å². The standard InChI is InChI=1S/2C12H23NO.2C12H23N.2C12H22O.2C12H22S/c2*1-11(2,3)8-7-13-10(14)9(8)12(4,5)6;6*1-11(2,3)9-7-8-13-10(9)12(4,5)6/h2*8-9H,7H2,1-6H3,(H,13,14);2*7-10,13H,1-6H3;4*7-10H,1-6H3. The minimum absolute atomic E-state index is 0.0680. The second-order valence-corrected chi connectivity index (χ2v) is 52.3.